The molecule has 0 spiro atoms. The molecule has 0 aromatic carbocycles. The van der Waals surface area contributed by atoms with Crippen LogP contribution in [0.15, 0.2) is 18.2 Å². The van der Waals surface area contributed by atoms with E-state index < -0.39 is 11.9 Å². The van der Waals surface area contributed by atoms with Crippen LogP contribution in [0.5, 0.6) is 0 Å². The number of carbonyl (C=O) groups excluding carboxylic acids is 1. The lowest BCUT2D eigenvalue weighted by Crippen LogP contribution is -2.11. The standard InChI is InChI=1S/C12H16FNO4/c1-16-8-9-17-6-3-7-18-12(15)10-4-2-5-11(13)14-10/h2,4-5H,3,6-9H2,1H3. The predicted octanol–water partition coefficient (Wildman–Crippen LogP) is 1.43. The molecule has 0 fully saturated rings. The summed E-state index contributed by atoms with van der Waals surface area (Å²) in [5.41, 5.74) is -0.0321. The Bertz CT molecular complexity index is 373. The van der Waals surface area contributed by atoms with Crippen LogP contribution in [-0.4, -0.2) is 44.5 Å². The third-order valence-electron chi connectivity index (χ3n) is 2.02. The van der Waals surface area contributed by atoms with E-state index >= 15 is 0 Å². The van der Waals surface area contributed by atoms with Gasteiger partial charge in [0.1, 0.15) is 0 Å². The number of hydrogen-bond donors (Lipinski definition) is 0. The molecular weight excluding hydrogens is 241 g/mol. The topological polar surface area (TPSA) is 57.7 Å². The minimum absolute atomic E-state index is 0.0321. The van der Waals surface area contributed by atoms with Crippen LogP contribution < -0.4 is 0 Å². The fourth-order valence-corrected chi connectivity index (χ4v) is 1.17. The van der Waals surface area contributed by atoms with Crippen molar-refractivity contribution in [3.8, 4) is 0 Å². The maximum Gasteiger partial charge on any atom is 0.357 e. The number of methoxy groups -OCH3 is 1. The zero-order valence-electron chi connectivity index (χ0n) is 10.2. The second-order valence-corrected chi connectivity index (χ2v) is 3.44. The molecule has 0 aliphatic heterocycles. The summed E-state index contributed by atoms with van der Waals surface area (Å²) in [5.74, 6) is -1.33. The Labute approximate surface area is 105 Å². The van der Waals surface area contributed by atoms with Gasteiger partial charge in [-0.1, -0.05) is 6.07 Å². The molecule has 1 heterocycles. The van der Waals surface area contributed by atoms with E-state index in [1.165, 1.54) is 18.2 Å². The van der Waals surface area contributed by atoms with Crippen molar-refractivity contribution in [2.75, 3.05) is 33.5 Å². The Balaban J connectivity index is 2.14. The summed E-state index contributed by atoms with van der Waals surface area (Å²) in [6, 6.07) is 3.98. The van der Waals surface area contributed by atoms with Crippen LogP contribution in [0.2, 0.25) is 0 Å². The van der Waals surface area contributed by atoms with Crippen LogP contribution in [0.3, 0.4) is 0 Å². The fraction of sp³-hybridized carbons (Fsp3) is 0.500. The zero-order valence-corrected chi connectivity index (χ0v) is 10.2. The Morgan fingerprint density at radius 1 is 1.28 bits per heavy atom. The van der Waals surface area contributed by atoms with Gasteiger partial charge in [0.15, 0.2) is 5.69 Å². The summed E-state index contributed by atoms with van der Waals surface area (Å²) in [4.78, 5) is 14.8. The van der Waals surface area contributed by atoms with Crippen molar-refractivity contribution in [2.24, 2.45) is 0 Å². The Morgan fingerprint density at radius 3 is 2.83 bits per heavy atom. The minimum atomic E-state index is -0.702. The van der Waals surface area contributed by atoms with Crippen LogP contribution in [0.4, 0.5) is 4.39 Å². The van der Waals surface area contributed by atoms with Gasteiger partial charge in [-0.3, -0.25) is 0 Å². The highest BCUT2D eigenvalue weighted by molar-refractivity contribution is 5.87. The van der Waals surface area contributed by atoms with Gasteiger partial charge in [-0.15, -0.1) is 0 Å². The molecule has 0 amide bonds. The number of halogens is 1. The highest BCUT2D eigenvalue weighted by atomic mass is 19.1. The smallest absolute Gasteiger partial charge is 0.357 e. The average molecular weight is 257 g/mol. The van der Waals surface area contributed by atoms with Crippen molar-refractivity contribution >= 4 is 5.97 Å². The molecule has 1 rings (SSSR count). The monoisotopic (exact) mass is 257 g/mol. The third-order valence-corrected chi connectivity index (χ3v) is 2.02. The Kier molecular flexibility index (Phi) is 6.90. The van der Waals surface area contributed by atoms with E-state index in [9.17, 15) is 9.18 Å². The van der Waals surface area contributed by atoms with Gasteiger partial charge in [0, 0.05) is 20.1 Å². The molecule has 0 aliphatic carbocycles. The molecule has 5 nitrogen and oxygen atoms in total. The molecule has 0 radical (unpaired) electrons. The van der Waals surface area contributed by atoms with Crippen molar-refractivity contribution in [1.82, 2.24) is 4.98 Å². The molecule has 0 bridgehead atoms. The molecule has 1 aromatic rings. The largest absolute Gasteiger partial charge is 0.461 e. The lowest BCUT2D eigenvalue weighted by molar-refractivity contribution is 0.0379. The summed E-state index contributed by atoms with van der Waals surface area (Å²) in [5, 5.41) is 0. The van der Waals surface area contributed by atoms with Crippen LogP contribution in [0.25, 0.3) is 0 Å². The van der Waals surface area contributed by atoms with Crippen LogP contribution >= 0.6 is 0 Å². The molecule has 100 valence electrons. The van der Waals surface area contributed by atoms with Crippen molar-refractivity contribution in [3.05, 3.63) is 29.8 Å². The maximum absolute atomic E-state index is 12.7. The number of carbonyl (C=O) groups is 1. The number of nitrogens with zero attached hydrogens (tertiary/aromatic N) is 1. The number of aromatic nitrogens is 1. The van der Waals surface area contributed by atoms with Crippen molar-refractivity contribution in [1.29, 1.82) is 0 Å². The second-order valence-electron chi connectivity index (χ2n) is 3.44. The van der Waals surface area contributed by atoms with E-state index in [0.29, 0.717) is 26.2 Å². The van der Waals surface area contributed by atoms with Gasteiger partial charge in [0.2, 0.25) is 5.95 Å². The SMILES string of the molecule is COCCOCCCOC(=O)c1cccc(F)n1. The number of ether oxygens (including phenoxy) is 3. The van der Waals surface area contributed by atoms with Gasteiger partial charge in [0.05, 0.1) is 19.8 Å². The zero-order chi connectivity index (χ0) is 13.2. The first-order valence-electron chi connectivity index (χ1n) is 5.60. The fourth-order valence-electron chi connectivity index (χ4n) is 1.17. The second kappa shape index (κ2) is 8.54. The molecule has 0 atom stereocenters. The van der Waals surface area contributed by atoms with Crippen LogP contribution in [-0.2, 0) is 14.2 Å². The quantitative estimate of drug-likeness (QED) is 0.400. The minimum Gasteiger partial charge on any atom is -0.461 e. The highest BCUT2D eigenvalue weighted by Crippen LogP contribution is 2.00. The first-order chi connectivity index (χ1) is 8.74. The molecule has 1 aromatic heterocycles. The lowest BCUT2D eigenvalue weighted by atomic mass is 10.3. The molecular formula is C12H16FNO4. The van der Waals surface area contributed by atoms with Crippen molar-refractivity contribution in [3.63, 3.8) is 0 Å². The normalized spacial score (nSPS) is 10.3. The Hall–Kier alpha value is -1.53. The maximum atomic E-state index is 12.7. The first kappa shape index (κ1) is 14.5. The van der Waals surface area contributed by atoms with Crippen LogP contribution in [0, 0.1) is 5.95 Å². The van der Waals surface area contributed by atoms with Gasteiger partial charge in [-0.2, -0.15) is 4.39 Å². The number of hydrogen-bond acceptors (Lipinski definition) is 5. The number of pyridine rings is 1. The highest BCUT2D eigenvalue weighted by Gasteiger charge is 2.08. The predicted molar refractivity (Wildman–Crippen MR) is 61.8 cm³/mol. The van der Waals surface area contributed by atoms with Crippen molar-refractivity contribution in [2.45, 2.75) is 6.42 Å². The third kappa shape index (κ3) is 5.70. The van der Waals surface area contributed by atoms with E-state index in [1.807, 2.05) is 0 Å². The molecule has 0 aliphatic rings. The van der Waals surface area contributed by atoms with Gasteiger partial charge in [0.25, 0.3) is 0 Å². The number of esters is 1. The van der Waals surface area contributed by atoms with E-state index in [-0.39, 0.29) is 12.3 Å². The Morgan fingerprint density at radius 2 is 2.11 bits per heavy atom. The summed E-state index contributed by atoms with van der Waals surface area (Å²) in [6.45, 7) is 1.74. The van der Waals surface area contributed by atoms with Gasteiger partial charge in [-0.25, -0.2) is 9.78 Å². The molecule has 0 saturated heterocycles. The summed E-state index contributed by atoms with van der Waals surface area (Å²) in [6.07, 6.45) is 0.574. The molecule has 18 heavy (non-hydrogen) atoms. The molecule has 6 heteroatoms. The van der Waals surface area contributed by atoms with Gasteiger partial charge in [-0.05, 0) is 12.1 Å². The molecule has 0 unspecified atom stereocenters. The first-order valence-corrected chi connectivity index (χ1v) is 5.60. The molecule has 0 saturated carbocycles. The lowest BCUT2D eigenvalue weighted by Gasteiger charge is -2.05. The number of rotatable bonds is 8. The van der Waals surface area contributed by atoms with E-state index in [2.05, 4.69) is 4.98 Å². The van der Waals surface area contributed by atoms with Crippen molar-refractivity contribution < 1.29 is 23.4 Å². The van der Waals surface area contributed by atoms with E-state index in [1.54, 1.807) is 7.11 Å². The van der Waals surface area contributed by atoms with E-state index in [4.69, 9.17) is 14.2 Å². The average Bonchev–Trinajstić information content (AvgIpc) is 2.37. The summed E-state index contributed by atoms with van der Waals surface area (Å²) < 4.78 is 27.6. The summed E-state index contributed by atoms with van der Waals surface area (Å²) in [7, 11) is 1.59. The van der Waals surface area contributed by atoms with Gasteiger partial charge < -0.3 is 14.2 Å². The van der Waals surface area contributed by atoms with E-state index in [0.717, 1.165) is 0 Å². The van der Waals surface area contributed by atoms with Gasteiger partial charge >= 0.3 is 5.97 Å². The molecule has 0 N–H and O–H groups in total. The summed E-state index contributed by atoms with van der Waals surface area (Å²) >= 11 is 0. The van der Waals surface area contributed by atoms with Crippen LogP contribution in [0.1, 0.15) is 16.9 Å².